The maximum atomic E-state index is 11.3. The summed E-state index contributed by atoms with van der Waals surface area (Å²) in [5, 5.41) is 13.0. The Morgan fingerprint density at radius 3 is 2.53 bits per heavy atom. The van der Waals surface area contributed by atoms with E-state index in [0.717, 1.165) is 12.0 Å². The Morgan fingerprint density at radius 1 is 1.47 bits per heavy atom. The predicted octanol–water partition coefficient (Wildman–Crippen LogP) is 1.70. The number of aromatic hydroxyl groups is 1. The normalized spacial score (nSPS) is 13.4. The van der Waals surface area contributed by atoms with Gasteiger partial charge in [0.1, 0.15) is 5.75 Å². The maximum Gasteiger partial charge on any atom is 0.237 e. The maximum absolute atomic E-state index is 11.3. The highest BCUT2D eigenvalue weighted by molar-refractivity contribution is 5.83. The molecule has 4 nitrogen and oxygen atoms in total. The van der Waals surface area contributed by atoms with Crippen molar-refractivity contribution in [2.75, 3.05) is 0 Å². The molecule has 1 atom stereocenters. The van der Waals surface area contributed by atoms with Gasteiger partial charge in [0.2, 0.25) is 5.91 Å². The molecule has 0 radical (unpaired) electrons. The number of rotatable bonds is 5. The number of hydrogen-bond donors (Lipinski definition) is 3. The van der Waals surface area contributed by atoms with Crippen molar-refractivity contribution in [1.82, 2.24) is 5.32 Å². The molecule has 94 valence electrons. The van der Waals surface area contributed by atoms with Crippen molar-refractivity contribution >= 4 is 5.91 Å². The minimum atomic E-state index is -0.803. The van der Waals surface area contributed by atoms with Gasteiger partial charge in [0.15, 0.2) is 0 Å². The molecule has 0 aliphatic heterocycles. The molecule has 0 saturated carbocycles. The van der Waals surface area contributed by atoms with Crippen LogP contribution in [-0.4, -0.2) is 16.6 Å². The van der Waals surface area contributed by atoms with Crippen molar-refractivity contribution in [2.45, 2.75) is 38.8 Å². The van der Waals surface area contributed by atoms with Crippen LogP contribution in [0.3, 0.4) is 0 Å². The number of hydrogen-bond acceptors (Lipinski definition) is 3. The van der Waals surface area contributed by atoms with E-state index in [-0.39, 0.29) is 11.8 Å². The van der Waals surface area contributed by atoms with E-state index < -0.39 is 11.4 Å². The molecule has 0 aliphatic carbocycles. The molecule has 1 aromatic rings. The van der Waals surface area contributed by atoms with E-state index in [2.05, 4.69) is 5.32 Å². The number of nitrogens with one attached hydrogen (secondary N) is 1. The van der Waals surface area contributed by atoms with Gasteiger partial charge in [-0.25, -0.2) is 0 Å². The molecule has 1 aromatic carbocycles. The Morgan fingerprint density at radius 2 is 2.06 bits per heavy atom. The molecular weight excluding hydrogens is 216 g/mol. The number of benzene rings is 1. The Hall–Kier alpha value is -1.55. The zero-order chi connectivity index (χ0) is 13.1. The van der Waals surface area contributed by atoms with E-state index in [4.69, 9.17) is 5.73 Å². The van der Waals surface area contributed by atoms with Crippen LogP contribution in [0, 0.1) is 0 Å². The SMILES string of the molecule is CCC(NC(C)(C)C(N)=O)c1ccccc1O. The number of para-hydroxylation sites is 1. The van der Waals surface area contributed by atoms with Crippen LogP contribution >= 0.6 is 0 Å². The molecule has 0 spiro atoms. The summed E-state index contributed by atoms with van der Waals surface area (Å²) in [6.45, 7) is 5.46. The molecule has 4 N–H and O–H groups in total. The van der Waals surface area contributed by atoms with E-state index >= 15 is 0 Å². The van der Waals surface area contributed by atoms with Crippen molar-refractivity contribution in [2.24, 2.45) is 5.73 Å². The quantitative estimate of drug-likeness (QED) is 0.728. The van der Waals surface area contributed by atoms with E-state index in [0.29, 0.717) is 0 Å². The topological polar surface area (TPSA) is 75.3 Å². The zero-order valence-electron chi connectivity index (χ0n) is 10.5. The summed E-state index contributed by atoms with van der Waals surface area (Å²) in [6, 6.07) is 7.00. The van der Waals surface area contributed by atoms with Crippen molar-refractivity contribution in [3.63, 3.8) is 0 Å². The molecule has 4 heteroatoms. The van der Waals surface area contributed by atoms with Crippen LogP contribution in [0.5, 0.6) is 5.75 Å². The first kappa shape index (κ1) is 13.5. The predicted molar refractivity (Wildman–Crippen MR) is 67.5 cm³/mol. The summed E-state index contributed by atoms with van der Waals surface area (Å²) >= 11 is 0. The Labute approximate surface area is 102 Å². The molecule has 0 aromatic heterocycles. The first-order chi connectivity index (χ1) is 7.88. The molecule has 0 fully saturated rings. The second-order valence-electron chi connectivity index (χ2n) is 4.65. The number of phenols is 1. The number of nitrogens with two attached hydrogens (primary N) is 1. The third-order valence-corrected chi connectivity index (χ3v) is 2.87. The average molecular weight is 236 g/mol. The summed E-state index contributed by atoms with van der Waals surface area (Å²) in [6.07, 6.45) is 0.758. The van der Waals surface area contributed by atoms with Gasteiger partial charge in [-0.3, -0.25) is 10.1 Å². The van der Waals surface area contributed by atoms with Crippen LogP contribution in [0.25, 0.3) is 0 Å². The lowest BCUT2D eigenvalue weighted by atomic mass is 9.97. The van der Waals surface area contributed by atoms with Crippen LogP contribution in [0.4, 0.5) is 0 Å². The second-order valence-corrected chi connectivity index (χ2v) is 4.65. The van der Waals surface area contributed by atoms with Crippen LogP contribution in [0.2, 0.25) is 0 Å². The number of primary amides is 1. The van der Waals surface area contributed by atoms with Gasteiger partial charge in [-0.05, 0) is 26.3 Å². The van der Waals surface area contributed by atoms with Crippen molar-refractivity contribution in [3.05, 3.63) is 29.8 Å². The van der Waals surface area contributed by atoms with Crippen molar-refractivity contribution in [3.8, 4) is 5.75 Å². The van der Waals surface area contributed by atoms with Gasteiger partial charge in [-0.15, -0.1) is 0 Å². The van der Waals surface area contributed by atoms with Gasteiger partial charge < -0.3 is 10.8 Å². The fraction of sp³-hybridized carbons (Fsp3) is 0.462. The van der Waals surface area contributed by atoms with Crippen LogP contribution in [-0.2, 0) is 4.79 Å². The summed E-state index contributed by atoms with van der Waals surface area (Å²) < 4.78 is 0. The minimum Gasteiger partial charge on any atom is -0.508 e. The van der Waals surface area contributed by atoms with Gasteiger partial charge in [0.25, 0.3) is 0 Å². The number of phenolic OH excluding ortho intramolecular Hbond substituents is 1. The first-order valence-electron chi connectivity index (χ1n) is 5.74. The Balaban J connectivity index is 2.94. The fourth-order valence-corrected chi connectivity index (χ4v) is 1.69. The van der Waals surface area contributed by atoms with Crippen molar-refractivity contribution in [1.29, 1.82) is 0 Å². The average Bonchev–Trinajstić information content (AvgIpc) is 2.26. The Bertz CT molecular complexity index is 402. The largest absolute Gasteiger partial charge is 0.508 e. The molecular formula is C13H20N2O2. The molecule has 0 bridgehead atoms. The molecule has 0 heterocycles. The first-order valence-corrected chi connectivity index (χ1v) is 5.74. The highest BCUT2D eigenvalue weighted by atomic mass is 16.3. The molecule has 1 amide bonds. The lowest BCUT2D eigenvalue weighted by Crippen LogP contribution is -2.51. The number of amides is 1. The third-order valence-electron chi connectivity index (χ3n) is 2.87. The molecule has 0 aliphatic rings. The minimum absolute atomic E-state index is 0.0984. The fourth-order valence-electron chi connectivity index (χ4n) is 1.69. The zero-order valence-corrected chi connectivity index (χ0v) is 10.5. The van der Waals surface area contributed by atoms with Gasteiger partial charge in [0.05, 0.1) is 5.54 Å². The molecule has 1 unspecified atom stereocenters. The molecule has 17 heavy (non-hydrogen) atoms. The lowest BCUT2D eigenvalue weighted by molar-refractivity contribution is -0.123. The van der Waals surface area contributed by atoms with Gasteiger partial charge in [0, 0.05) is 11.6 Å². The van der Waals surface area contributed by atoms with Gasteiger partial charge in [-0.2, -0.15) is 0 Å². The third kappa shape index (κ3) is 3.20. The van der Waals surface area contributed by atoms with E-state index in [1.54, 1.807) is 26.0 Å². The monoisotopic (exact) mass is 236 g/mol. The lowest BCUT2D eigenvalue weighted by Gasteiger charge is -2.29. The molecule has 1 rings (SSSR count). The van der Waals surface area contributed by atoms with Crippen LogP contribution < -0.4 is 11.1 Å². The summed E-state index contributed by atoms with van der Waals surface area (Å²) in [7, 11) is 0. The standard InChI is InChI=1S/C13H20N2O2/c1-4-10(15-13(2,3)12(14)17)9-7-5-6-8-11(9)16/h5-8,10,15-16H,4H2,1-3H3,(H2,14,17). The number of carbonyl (C=O) groups is 1. The highest BCUT2D eigenvalue weighted by Crippen LogP contribution is 2.27. The van der Waals surface area contributed by atoms with Crippen LogP contribution in [0.1, 0.15) is 38.8 Å². The van der Waals surface area contributed by atoms with E-state index in [9.17, 15) is 9.90 Å². The van der Waals surface area contributed by atoms with E-state index in [1.807, 2.05) is 19.1 Å². The van der Waals surface area contributed by atoms with E-state index in [1.165, 1.54) is 0 Å². The van der Waals surface area contributed by atoms with Gasteiger partial charge in [-0.1, -0.05) is 25.1 Å². The van der Waals surface area contributed by atoms with Crippen molar-refractivity contribution < 1.29 is 9.90 Å². The van der Waals surface area contributed by atoms with Crippen LogP contribution in [0.15, 0.2) is 24.3 Å². The molecule has 0 saturated heterocycles. The summed E-state index contributed by atoms with van der Waals surface area (Å²) in [5.74, 6) is -0.182. The van der Waals surface area contributed by atoms with Gasteiger partial charge >= 0.3 is 0 Å². The summed E-state index contributed by atoms with van der Waals surface area (Å²) in [5.41, 5.74) is 5.30. The highest BCUT2D eigenvalue weighted by Gasteiger charge is 2.28. The number of carbonyl (C=O) groups excluding carboxylic acids is 1. The summed E-state index contributed by atoms with van der Waals surface area (Å²) in [4.78, 5) is 11.3. The smallest absolute Gasteiger partial charge is 0.237 e. The Kier molecular flexibility index (Phi) is 4.12. The second kappa shape index (κ2) is 5.19.